The summed E-state index contributed by atoms with van der Waals surface area (Å²) in [5.74, 6) is -12.5. The van der Waals surface area contributed by atoms with E-state index in [1.807, 2.05) is 0 Å². The van der Waals surface area contributed by atoms with Crippen molar-refractivity contribution in [2.45, 2.75) is 23.8 Å². The van der Waals surface area contributed by atoms with Crippen LogP contribution in [-0.2, 0) is 10.1 Å². The molecule has 0 amide bonds. The number of hydrogen-bond acceptors (Lipinski definition) is 3. The Labute approximate surface area is 96.9 Å². The van der Waals surface area contributed by atoms with E-state index in [9.17, 15) is 43.7 Å². The molecule has 0 saturated carbocycles. The second-order valence-corrected chi connectivity index (χ2v) is 3.75. The van der Waals surface area contributed by atoms with Crippen LogP contribution < -0.4 is 18.9 Å². The van der Waals surface area contributed by atoms with Crippen LogP contribution in [0.15, 0.2) is 0 Å². The fraction of sp³-hybridized carbons (Fsp3) is 1.00. The summed E-state index contributed by atoms with van der Waals surface area (Å²) in [4.78, 5) is 0. The van der Waals surface area contributed by atoms with Crippen molar-refractivity contribution >= 4 is 10.1 Å². The van der Waals surface area contributed by atoms with Gasteiger partial charge in [-0.05, 0) is 0 Å². The number of rotatable bonds is 4. The van der Waals surface area contributed by atoms with Gasteiger partial charge in [-0.1, -0.05) is 0 Å². The van der Waals surface area contributed by atoms with Gasteiger partial charge in [-0.3, -0.25) is 0 Å². The smallest absolute Gasteiger partial charge is 0.746 e. The predicted octanol–water partition coefficient (Wildman–Crippen LogP) is -1.63. The molecule has 0 aliphatic carbocycles. The van der Waals surface area contributed by atoms with Gasteiger partial charge in [0.1, 0.15) is 10.1 Å². The topological polar surface area (TPSA) is 57.2 Å². The van der Waals surface area contributed by atoms with E-state index in [1.165, 1.54) is 0 Å². The maximum absolute atomic E-state index is 12.2. The summed E-state index contributed by atoms with van der Waals surface area (Å²) in [5, 5.41) is 0. The van der Waals surface area contributed by atoms with Crippen molar-refractivity contribution in [3.63, 3.8) is 0 Å². The minimum absolute atomic E-state index is 0. The Morgan fingerprint density at radius 3 is 1.44 bits per heavy atom. The molecule has 1 unspecified atom stereocenters. The zero-order valence-corrected chi connectivity index (χ0v) is 8.25. The zero-order chi connectivity index (χ0) is 12.7. The summed E-state index contributed by atoms with van der Waals surface area (Å²) in [6, 6.07) is 0. The molecule has 3 nitrogen and oxygen atoms in total. The van der Waals surface area contributed by atoms with E-state index in [-0.39, 0.29) is 18.9 Å². The van der Waals surface area contributed by atoms with Crippen molar-refractivity contribution in [1.82, 2.24) is 0 Å². The zero-order valence-electron chi connectivity index (χ0n) is 7.43. The van der Waals surface area contributed by atoms with E-state index in [0.29, 0.717) is 0 Å². The average Bonchev–Trinajstić information content (AvgIpc) is 2.00. The summed E-state index contributed by atoms with van der Waals surface area (Å²) in [5.41, 5.74) is -4.94. The molecule has 16 heavy (non-hydrogen) atoms. The number of hydrogen-bond donors (Lipinski definition) is 0. The molecule has 12 heteroatoms. The van der Waals surface area contributed by atoms with Crippen LogP contribution >= 0.6 is 0 Å². The van der Waals surface area contributed by atoms with Crippen LogP contribution in [0.5, 0.6) is 0 Å². The van der Waals surface area contributed by atoms with Crippen molar-refractivity contribution in [2.24, 2.45) is 0 Å². The van der Waals surface area contributed by atoms with Crippen molar-refractivity contribution in [3.05, 3.63) is 0 Å². The van der Waals surface area contributed by atoms with Crippen LogP contribution in [0.2, 0.25) is 0 Å². The van der Waals surface area contributed by atoms with Crippen LogP contribution in [0.4, 0.5) is 30.7 Å². The van der Waals surface area contributed by atoms with Gasteiger partial charge in [0.05, 0.1) is 0 Å². The fourth-order valence-corrected chi connectivity index (χ4v) is 0.998. The Morgan fingerprint density at radius 1 is 0.938 bits per heavy atom. The number of halogens is 7. The van der Waals surface area contributed by atoms with Gasteiger partial charge in [0.2, 0.25) is 0 Å². The predicted molar refractivity (Wildman–Crippen MR) is 30.5 cm³/mol. The first kappa shape index (κ1) is 18.4. The summed E-state index contributed by atoms with van der Waals surface area (Å²) >= 11 is 0. The van der Waals surface area contributed by atoms with Crippen LogP contribution in [0.1, 0.15) is 0 Å². The first-order chi connectivity index (χ1) is 6.35. The first-order valence-corrected chi connectivity index (χ1v) is 4.45. The van der Waals surface area contributed by atoms with E-state index in [2.05, 4.69) is 0 Å². The van der Waals surface area contributed by atoms with Gasteiger partial charge in [-0.2, -0.15) is 17.6 Å². The SMILES string of the molecule is O=S(=O)([O-])C(F)C(F)(F)C(F)(F)C(F)F.[Li+]. The molecule has 0 rings (SSSR count). The summed E-state index contributed by atoms with van der Waals surface area (Å²) in [6.07, 6.45) is -5.01. The Bertz CT molecular complexity index is 329. The second-order valence-electron chi connectivity index (χ2n) is 2.36. The molecule has 0 aliphatic heterocycles. The van der Waals surface area contributed by atoms with Crippen LogP contribution in [-0.4, -0.2) is 36.7 Å². The molecule has 92 valence electrons. The van der Waals surface area contributed by atoms with E-state index in [0.717, 1.165) is 0 Å². The average molecular weight is 270 g/mol. The molecule has 0 spiro atoms. The Kier molecular flexibility index (Phi) is 5.88. The Hall–Kier alpha value is 0.0174. The number of alkyl halides is 7. The Balaban J connectivity index is 0. The van der Waals surface area contributed by atoms with Gasteiger partial charge < -0.3 is 4.55 Å². The van der Waals surface area contributed by atoms with Gasteiger partial charge in [0.15, 0.2) is 0 Å². The van der Waals surface area contributed by atoms with Crippen molar-refractivity contribution in [1.29, 1.82) is 0 Å². The fourth-order valence-electron chi connectivity index (χ4n) is 0.478. The normalized spacial score (nSPS) is 15.8. The molecule has 0 aliphatic rings. The molecule has 0 heterocycles. The molecule has 0 radical (unpaired) electrons. The summed E-state index contributed by atoms with van der Waals surface area (Å²) in [7, 11) is -6.46. The van der Waals surface area contributed by atoms with Gasteiger partial charge in [0, 0.05) is 0 Å². The third-order valence-corrected chi connectivity index (χ3v) is 2.06. The molecule has 0 bridgehead atoms. The van der Waals surface area contributed by atoms with Crippen LogP contribution in [0.25, 0.3) is 0 Å². The third kappa shape index (κ3) is 3.25. The van der Waals surface area contributed by atoms with E-state index >= 15 is 0 Å². The molecule has 0 saturated heterocycles. The molecular formula is C4H2F7LiO3S. The molecule has 0 aromatic heterocycles. The molecule has 0 aromatic rings. The summed E-state index contributed by atoms with van der Waals surface area (Å²) in [6.45, 7) is 0. The first-order valence-electron chi connectivity index (χ1n) is 2.97. The molecule has 0 N–H and O–H groups in total. The molecular weight excluding hydrogens is 268 g/mol. The van der Waals surface area contributed by atoms with Crippen LogP contribution in [0, 0.1) is 0 Å². The van der Waals surface area contributed by atoms with E-state index < -0.39 is 33.9 Å². The molecule has 0 aromatic carbocycles. The van der Waals surface area contributed by atoms with Crippen LogP contribution in [0.3, 0.4) is 0 Å². The van der Waals surface area contributed by atoms with Gasteiger partial charge in [0.25, 0.3) is 5.50 Å². The maximum Gasteiger partial charge on any atom is 1.00 e. The summed E-state index contributed by atoms with van der Waals surface area (Å²) < 4.78 is 112. The molecule has 1 atom stereocenters. The maximum atomic E-state index is 12.2. The van der Waals surface area contributed by atoms with Gasteiger partial charge in [-0.15, -0.1) is 0 Å². The van der Waals surface area contributed by atoms with Gasteiger partial charge >= 0.3 is 37.1 Å². The minimum Gasteiger partial charge on any atom is -0.746 e. The largest absolute Gasteiger partial charge is 1.00 e. The van der Waals surface area contributed by atoms with Gasteiger partial charge in [-0.25, -0.2) is 21.6 Å². The third-order valence-electron chi connectivity index (χ3n) is 1.26. The monoisotopic (exact) mass is 270 g/mol. The van der Waals surface area contributed by atoms with E-state index in [1.54, 1.807) is 0 Å². The second kappa shape index (κ2) is 5.12. The van der Waals surface area contributed by atoms with E-state index in [4.69, 9.17) is 0 Å². The quantitative estimate of drug-likeness (QED) is 0.350. The van der Waals surface area contributed by atoms with Crippen molar-refractivity contribution in [2.75, 3.05) is 0 Å². The van der Waals surface area contributed by atoms with Crippen molar-refractivity contribution < 1.29 is 62.6 Å². The Morgan fingerprint density at radius 2 is 1.25 bits per heavy atom. The van der Waals surface area contributed by atoms with Crippen molar-refractivity contribution in [3.8, 4) is 0 Å². The molecule has 0 fully saturated rings. The standard InChI is InChI=1S/C4H3F7O3S.Li/c5-1(6)3(8,9)4(10,11)2(7)15(12,13)14;/h1-2H,(H,12,13,14);/q;+1/p-1. The minimum atomic E-state index is -6.46.